The van der Waals surface area contributed by atoms with Crippen LogP contribution in [0.3, 0.4) is 0 Å². The number of aliphatic hydroxyl groups is 2. The number of carboxylic acid groups (broad SMARTS) is 1. The molecule has 33 heavy (non-hydrogen) atoms. The highest BCUT2D eigenvalue weighted by molar-refractivity contribution is 7.92. The molecule has 0 bridgehead atoms. The number of hydrogen-bond acceptors (Lipinski definition) is 8. The van der Waals surface area contributed by atoms with Gasteiger partial charge in [0, 0.05) is 30.6 Å². The lowest BCUT2D eigenvalue weighted by atomic mass is 9.98. The van der Waals surface area contributed by atoms with Crippen molar-refractivity contribution in [1.29, 1.82) is 0 Å². The summed E-state index contributed by atoms with van der Waals surface area (Å²) in [6.07, 6.45) is 2.48. The molecule has 1 heterocycles. The van der Waals surface area contributed by atoms with Gasteiger partial charge in [0.1, 0.15) is 11.6 Å². The van der Waals surface area contributed by atoms with Crippen molar-refractivity contribution in [2.75, 3.05) is 17.6 Å². The summed E-state index contributed by atoms with van der Waals surface area (Å²) in [7, 11) is -2.35. The second-order valence-electron chi connectivity index (χ2n) is 7.63. The number of carbonyl (C=O) groups excluding carboxylic acids is 1. The summed E-state index contributed by atoms with van der Waals surface area (Å²) in [5, 5.41) is 30.3. The van der Waals surface area contributed by atoms with Crippen LogP contribution >= 0.6 is 0 Å². The van der Waals surface area contributed by atoms with E-state index in [9.17, 15) is 32.9 Å². The normalized spacial score (nSPS) is 13.5. The molecule has 0 unspecified atom stereocenters. The molecule has 0 radical (unpaired) electrons. The highest BCUT2D eigenvalue weighted by Gasteiger charge is 2.22. The van der Waals surface area contributed by atoms with Crippen LogP contribution in [-0.4, -0.2) is 54.0 Å². The Kier molecular flexibility index (Phi) is 8.29. The fourth-order valence-corrected chi connectivity index (χ4v) is 3.23. The second kappa shape index (κ2) is 10.5. The van der Waals surface area contributed by atoms with Gasteiger partial charge < -0.3 is 20.1 Å². The number of rotatable bonds is 9. The monoisotopic (exact) mass is 478 g/mol. The van der Waals surface area contributed by atoms with Gasteiger partial charge in [0.2, 0.25) is 16.0 Å². The number of aromatic nitrogens is 2. The van der Waals surface area contributed by atoms with Crippen LogP contribution in [-0.2, 0) is 14.8 Å². The number of sulfonamides is 1. The highest BCUT2D eigenvalue weighted by Crippen LogP contribution is 2.31. The molecule has 1 aromatic carbocycles. The van der Waals surface area contributed by atoms with Gasteiger partial charge in [-0.05, 0) is 48.4 Å². The van der Waals surface area contributed by atoms with E-state index in [1.54, 1.807) is 0 Å². The maximum Gasteiger partial charge on any atom is 0.239 e. The lowest BCUT2D eigenvalue weighted by Crippen LogP contribution is -2.27. The Morgan fingerprint density at radius 2 is 1.85 bits per heavy atom. The number of anilines is 1. The van der Waals surface area contributed by atoms with Gasteiger partial charge in [-0.1, -0.05) is 13.8 Å². The number of carboxylic acids is 1. The molecule has 0 aliphatic rings. The van der Waals surface area contributed by atoms with E-state index >= 15 is 0 Å². The number of halogens is 1. The number of benzene rings is 1. The summed E-state index contributed by atoms with van der Waals surface area (Å²) in [5.41, 5.74) is 1.65. The fraction of sp³-hybridized carbons (Fsp3) is 0.318. The minimum Gasteiger partial charge on any atom is -0.550 e. The Hall–Kier alpha value is -3.31. The van der Waals surface area contributed by atoms with E-state index in [1.165, 1.54) is 43.5 Å². The standard InChI is InChI=1S/C22H26FN3O6S/c1-13(2)20-18(10-9-16(27)11-17(28)12-19(29)30)21(14-5-7-15(23)8-6-14)25-22(24-20)26(3)33(4,31)32/h5-11,13,17,27-28H,12H2,1-4H3,(H,29,30)/p-1/b10-9+,16-11-/t17-/m1/s1. The molecule has 11 heteroatoms. The zero-order valence-corrected chi connectivity index (χ0v) is 19.4. The molecule has 0 saturated carbocycles. The van der Waals surface area contributed by atoms with Crippen molar-refractivity contribution in [2.45, 2.75) is 32.3 Å². The molecule has 9 nitrogen and oxygen atoms in total. The van der Waals surface area contributed by atoms with Gasteiger partial charge in [0.15, 0.2) is 0 Å². The Bertz CT molecular complexity index is 1180. The minimum absolute atomic E-state index is 0.0816. The van der Waals surface area contributed by atoms with Gasteiger partial charge in [-0.3, -0.25) is 0 Å². The van der Waals surface area contributed by atoms with Crippen molar-refractivity contribution in [3.63, 3.8) is 0 Å². The molecule has 0 saturated heterocycles. The molecular formula is C22H25FN3O6S-. The molecular weight excluding hydrogens is 453 g/mol. The molecule has 0 aliphatic heterocycles. The molecule has 2 rings (SSSR count). The summed E-state index contributed by atoms with van der Waals surface area (Å²) >= 11 is 0. The molecule has 0 fully saturated rings. The molecule has 178 valence electrons. The summed E-state index contributed by atoms with van der Waals surface area (Å²) in [6.45, 7) is 3.66. The van der Waals surface area contributed by atoms with Crippen LogP contribution in [0, 0.1) is 5.82 Å². The second-order valence-corrected chi connectivity index (χ2v) is 9.65. The molecule has 0 aliphatic carbocycles. The van der Waals surface area contributed by atoms with Crippen LogP contribution in [0.2, 0.25) is 0 Å². The summed E-state index contributed by atoms with van der Waals surface area (Å²) in [6, 6.07) is 5.41. The number of aliphatic hydroxyl groups excluding tert-OH is 2. The largest absolute Gasteiger partial charge is 0.550 e. The SMILES string of the molecule is CC(C)c1nc(N(C)S(C)(=O)=O)nc(-c2ccc(F)cc2)c1/C=C/C(O)=C/[C@@H](O)CC(=O)[O-]. The molecule has 1 atom stereocenters. The Morgan fingerprint density at radius 1 is 1.24 bits per heavy atom. The zero-order chi connectivity index (χ0) is 24.9. The van der Waals surface area contributed by atoms with E-state index in [2.05, 4.69) is 9.97 Å². The van der Waals surface area contributed by atoms with Crippen LogP contribution in [0.5, 0.6) is 0 Å². The van der Waals surface area contributed by atoms with Crippen molar-refractivity contribution in [1.82, 2.24) is 9.97 Å². The summed E-state index contributed by atoms with van der Waals surface area (Å²) in [4.78, 5) is 19.4. The topological polar surface area (TPSA) is 144 Å². The maximum absolute atomic E-state index is 13.5. The predicted molar refractivity (Wildman–Crippen MR) is 120 cm³/mol. The van der Waals surface area contributed by atoms with Crippen LogP contribution < -0.4 is 9.41 Å². The van der Waals surface area contributed by atoms with Gasteiger partial charge >= 0.3 is 0 Å². The van der Waals surface area contributed by atoms with E-state index in [0.717, 1.165) is 16.6 Å². The third kappa shape index (κ3) is 7.09. The van der Waals surface area contributed by atoms with Gasteiger partial charge in [0.05, 0.1) is 23.7 Å². The van der Waals surface area contributed by atoms with Crippen LogP contribution in [0.15, 0.2) is 42.2 Å². The lowest BCUT2D eigenvalue weighted by Gasteiger charge is -2.20. The zero-order valence-electron chi connectivity index (χ0n) is 18.6. The number of carbonyl (C=O) groups is 1. The number of allylic oxidation sites excluding steroid dienone is 1. The summed E-state index contributed by atoms with van der Waals surface area (Å²) < 4.78 is 38.5. The fourth-order valence-electron chi connectivity index (χ4n) is 2.85. The molecule has 2 aromatic rings. The van der Waals surface area contributed by atoms with Crippen molar-refractivity contribution in [2.24, 2.45) is 0 Å². The smallest absolute Gasteiger partial charge is 0.239 e. The maximum atomic E-state index is 13.5. The first-order valence-electron chi connectivity index (χ1n) is 9.88. The van der Waals surface area contributed by atoms with Gasteiger partial charge in [-0.25, -0.2) is 27.1 Å². The van der Waals surface area contributed by atoms with Gasteiger partial charge in [0.25, 0.3) is 0 Å². The lowest BCUT2D eigenvalue weighted by molar-refractivity contribution is -0.306. The average molecular weight is 479 g/mol. The van der Waals surface area contributed by atoms with Gasteiger partial charge in [-0.15, -0.1) is 0 Å². The van der Waals surface area contributed by atoms with E-state index in [0.29, 0.717) is 22.5 Å². The van der Waals surface area contributed by atoms with E-state index in [1.807, 2.05) is 13.8 Å². The van der Waals surface area contributed by atoms with E-state index < -0.39 is 40.1 Å². The van der Waals surface area contributed by atoms with Crippen molar-refractivity contribution < 1.29 is 32.9 Å². The Morgan fingerprint density at radius 3 is 2.36 bits per heavy atom. The first kappa shape index (κ1) is 25.9. The van der Waals surface area contributed by atoms with Crippen molar-refractivity contribution in [3.8, 4) is 11.3 Å². The van der Waals surface area contributed by atoms with Crippen LogP contribution in [0.1, 0.15) is 37.4 Å². The molecule has 1 aromatic heterocycles. The quantitative estimate of drug-likeness (QED) is 0.410. The van der Waals surface area contributed by atoms with E-state index in [-0.39, 0.29) is 11.9 Å². The molecule has 2 N–H and O–H groups in total. The first-order valence-corrected chi connectivity index (χ1v) is 11.7. The van der Waals surface area contributed by atoms with Gasteiger partial charge in [-0.2, -0.15) is 0 Å². The minimum atomic E-state index is -3.67. The van der Waals surface area contributed by atoms with Crippen LogP contribution in [0.25, 0.3) is 17.3 Å². The van der Waals surface area contributed by atoms with Crippen molar-refractivity contribution in [3.05, 3.63) is 59.3 Å². The third-order valence-corrected chi connectivity index (χ3v) is 5.72. The Labute approximate surface area is 191 Å². The highest BCUT2D eigenvalue weighted by atomic mass is 32.2. The van der Waals surface area contributed by atoms with Crippen LogP contribution in [0.4, 0.5) is 10.3 Å². The first-order chi connectivity index (χ1) is 15.3. The molecule has 0 spiro atoms. The molecule has 0 amide bonds. The third-order valence-electron chi connectivity index (χ3n) is 4.57. The summed E-state index contributed by atoms with van der Waals surface area (Å²) in [5.74, 6) is -2.64. The number of nitrogens with zero attached hydrogens (tertiary/aromatic N) is 3. The average Bonchev–Trinajstić information content (AvgIpc) is 2.70. The number of aliphatic carboxylic acids is 1. The van der Waals surface area contributed by atoms with E-state index in [4.69, 9.17) is 0 Å². The predicted octanol–water partition coefficient (Wildman–Crippen LogP) is 1.76. The Balaban J connectivity index is 2.70. The number of hydrogen-bond donors (Lipinski definition) is 2. The van der Waals surface area contributed by atoms with Crippen molar-refractivity contribution >= 4 is 28.0 Å².